The summed E-state index contributed by atoms with van der Waals surface area (Å²) in [4.78, 5) is 18.1. The van der Waals surface area contributed by atoms with Crippen LogP contribution in [0.1, 0.15) is 38.6 Å². The molecule has 4 aromatic rings. The van der Waals surface area contributed by atoms with Crippen molar-refractivity contribution in [3.63, 3.8) is 0 Å². The maximum atomic E-state index is 12.7. The van der Waals surface area contributed by atoms with Gasteiger partial charge in [0.1, 0.15) is 5.58 Å². The van der Waals surface area contributed by atoms with Crippen molar-refractivity contribution in [2.45, 2.75) is 34.2 Å². The Labute approximate surface area is 149 Å². The lowest BCUT2D eigenvalue weighted by atomic mass is 10.0. The van der Waals surface area contributed by atoms with E-state index >= 15 is 0 Å². The highest BCUT2D eigenvalue weighted by atomic mass is 32.1. The van der Waals surface area contributed by atoms with E-state index in [4.69, 9.17) is 4.42 Å². The smallest absolute Gasteiger partial charge is 0.287 e. The number of rotatable bonds is 3. The Morgan fingerprint density at radius 2 is 2.08 bits per heavy atom. The largest absolute Gasteiger partial charge is 0.451 e. The first-order chi connectivity index (χ1) is 12.0. The van der Waals surface area contributed by atoms with Gasteiger partial charge in [-0.3, -0.25) is 9.20 Å². The predicted octanol–water partition coefficient (Wildman–Crippen LogP) is 4.31. The normalized spacial score (nSPS) is 11.5. The Morgan fingerprint density at radius 3 is 2.88 bits per heavy atom. The quantitative estimate of drug-likeness (QED) is 0.597. The number of imidazole rings is 1. The second kappa shape index (κ2) is 5.74. The minimum atomic E-state index is -0.199. The Bertz CT molecular complexity index is 1120. The molecule has 4 rings (SSSR count). The molecule has 128 valence electrons. The molecule has 0 unspecified atom stereocenters. The fourth-order valence-corrected chi connectivity index (χ4v) is 4.18. The molecule has 3 heterocycles. The Kier molecular flexibility index (Phi) is 3.65. The number of nitrogens with zero attached hydrogens (tertiary/aromatic N) is 2. The van der Waals surface area contributed by atoms with Gasteiger partial charge in [-0.2, -0.15) is 0 Å². The number of hydrogen-bond donors (Lipinski definition) is 1. The second-order valence-corrected chi connectivity index (χ2v) is 7.27. The summed E-state index contributed by atoms with van der Waals surface area (Å²) in [7, 11) is 0. The minimum Gasteiger partial charge on any atom is -0.451 e. The molecule has 0 aliphatic heterocycles. The molecule has 0 aliphatic carbocycles. The summed E-state index contributed by atoms with van der Waals surface area (Å²) in [6.45, 7) is 8.38. The molecule has 25 heavy (non-hydrogen) atoms. The lowest BCUT2D eigenvalue weighted by Gasteiger charge is -2.04. The van der Waals surface area contributed by atoms with Gasteiger partial charge in [0.2, 0.25) is 0 Å². The Balaban J connectivity index is 1.64. The van der Waals surface area contributed by atoms with Gasteiger partial charge in [-0.1, -0.05) is 6.07 Å². The van der Waals surface area contributed by atoms with Gasteiger partial charge in [0, 0.05) is 22.5 Å². The maximum absolute atomic E-state index is 12.7. The van der Waals surface area contributed by atoms with Crippen LogP contribution >= 0.6 is 11.3 Å². The zero-order chi connectivity index (χ0) is 17.7. The molecule has 0 spiro atoms. The number of aromatic nitrogens is 2. The topological polar surface area (TPSA) is 59.5 Å². The summed E-state index contributed by atoms with van der Waals surface area (Å²) in [6.07, 6.45) is 1.97. The monoisotopic (exact) mass is 353 g/mol. The van der Waals surface area contributed by atoms with Gasteiger partial charge in [-0.05, 0) is 44.9 Å². The third kappa shape index (κ3) is 2.53. The number of carbonyl (C=O) groups is 1. The molecular weight excluding hydrogens is 334 g/mol. The standard InChI is InChI=1S/C19H19N3O2S/c1-10-7-11(2)16-12(3)17(24-15(16)8-10)18(23)20-9-14-13(4)21-19-22(14)5-6-25-19/h5-8H,9H2,1-4H3,(H,20,23). The van der Waals surface area contributed by atoms with Crippen molar-refractivity contribution in [3.05, 3.63) is 57.5 Å². The number of furan rings is 1. The van der Waals surface area contributed by atoms with Crippen molar-refractivity contribution < 1.29 is 9.21 Å². The summed E-state index contributed by atoms with van der Waals surface area (Å²) < 4.78 is 7.88. The fourth-order valence-electron chi connectivity index (χ4n) is 3.40. The van der Waals surface area contributed by atoms with E-state index in [1.807, 2.05) is 49.7 Å². The highest BCUT2D eigenvalue weighted by Crippen LogP contribution is 2.29. The molecule has 0 aliphatic rings. The highest BCUT2D eigenvalue weighted by molar-refractivity contribution is 7.15. The lowest BCUT2D eigenvalue weighted by molar-refractivity contribution is 0.0924. The zero-order valence-corrected chi connectivity index (χ0v) is 15.5. The van der Waals surface area contributed by atoms with E-state index in [2.05, 4.69) is 16.4 Å². The van der Waals surface area contributed by atoms with E-state index in [1.54, 1.807) is 11.3 Å². The molecule has 0 atom stereocenters. The van der Waals surface area contributed by atoms with E-state index in [9.17, 15) is 4.79 Å². The van der Waals surface area contributed by atoms with Gasteiger partial charge in [-0.25, -0.2) is 4.98 Å². The Morgan fingerprint density at radius 1 is 1.28 bits per heavy atom. The first kappa shape index (κ1) is 15.9. The van der Waals surface area contributed by atoms with Crippen LogP contribution in [-0.2, 0) is 6.54 Å². The van der Waals surface area contributed by atoms with Crippen LogP contribution in [0.2, 0.25) is 0 Å². The molecule has 6 heteroatoms. The molecule has 0 saturated heterocycles. The summed E-state index contributed by atoms with van der Waals surface area (Å²) in [5, 5.41) is 5.98. The van der Waals surface area contributed by atoms with Crippen LogP contribution in [0.25, 0.3) is 15.9 Å². The molecule has 5 nitrogen and oxygen atoms in total. The minimum absolute atomic E-state index is 0.199. The first-order valence-corrected chi connectivity index (χ1v) is 9.03. The van der Waals surface area contributed by atoms with Crippen LogP contribution in [0, 0.1) is 27.7 Å². The highest BCUT2D eigenvalue weighted by Gasteiger charge is 2.20. The molecular formula is C19H19N3O2S. The van der Waals surface area contributed by atoms with Gasteiger partial charge in [0.05, 0.1) is 17.9 Å². The van der Waals surface area contributed by atoms with Gasteiger partial charge in [0.25, 0.3) is 5.91 Å². The van der Waals surface area contributed by atoms with E-state index in [0.29, 0.717) is 12.3 Å². The number of nitrogens with one attached hydrogen (secondary N) is 1. The second-order valence-electron chi connectivity index (χ2n) is 6.39. The molecule has 0 fully saturated rings. The number of thiazole rings is 1. The van der Waals surface area contributed by atoms with Crippen LogP contribution in [-0.4, -0.2) is 15.3 Å². The molecule has 3 aromatic heterocycles. The van der Waals surface area contributed by atoms with Crippen molar-refractivity contribution in [1.29, 1.82) is 0 Å². The van der Waals surface area contributed by atoms with Crippen LogP contribution in [0.15, 0.2) is 28.1 Å². The van der Waals surface area contributed by atoms with Crippen molar-refractivity contribution >= 4 is 33.2 Å². The third-order valence-electron chi connectivity index (χ3n) is 4.56. The van der Waals surface area contributed by atoms with E-state index in [-0.39, 0.29) is 5.91 Å². The number of benzene rings is 1. The molecule has 0 radical (unpaired) electrons. The van der Waals surface area contributed by atoms with Gasteiger partial charge in [0.15, 0.2) is 10.7 Å². The molecule has 1 aromatic carbocycles. The SMILES string of the molecule is Cc1cc(C)c2c(C)c(C(=O)NCc3c(C)nc4sccn34)oc2c1. The molecule has 0 saturated carbocycles. The van der Waals surface area contributed by atoms with Crippen molar-refractivity contribution in [2.24, 2.45) is 0 Å². The fraction of sp³-hybridized carbons (Fsp3) is 0.263. The van der Waals surface area contributed by atoms with E-state index in [0.717, 1.165) is 44.0 Å². The summed E-state index contributed by atoms with van der Waals surface area (Å²) in [5.41, 5.74) is 5.82. The van der Waals surface area contributed by atoms with Crippen LogP contribution in [0.5, 0.6) is 0 Å². The summed E-state index contributed by atoms with van der Waals surface area (Å²) in [5.74, 6) is 0.183. The first-order valence-electron chi connectivity index (χ1n) is 8.15. The number of hydrogen-bond acceptors (Lipinski definition) is 4. The van der Waals surface area contributed by atoms with Gasteiger partial charge in [-0.15, -0.1) is 11.3 Å². The summed E-state index contributed by atoms with van der Waals surface area (Å²) >= 11 is 1.58. The van der Waals surface area contributed by atoms with E-state index in [1.165, 1.54) is 0 Å². The van der Waals surface area contributed by atoms with Crippen LogP contribution in [0.4, 0.5) is 0 Å². The summed E-state index contributed by atoms with van der Waals surface area (Å²) in [6, 6.07) is 4.08. The third-order valence-corrected chi connectivity index (χ3v) is 5.31. The molecule has 0 bridgehead atoms. The molecule has 1 N–H and O–H groups in total. The number of carbonyl (C=O) groups excluding carboxylic acids is 1. The van der Waals surface area contributed by atoms with E-state index < -0.39 is 0 Å². The average Bonchev–Trinajstić information content (AvgIpc) is 3.19. The number of fused-ring (bicyclic) bond motifs is 2. The van der Waals surface area contributed by atoms with Crippen LogP contribution in [0.3, 0.4) is 0 Å². The lowest BCUT2D eigenvalue weighted by Crippen LogP contribution is -2.24. The maximum Gasteiger partial charge on any atom is 0.287 e. The van der Waals surface area contributed by atoms with Crippen molar-refractivity contribution in [1.82, 2.24) is 14.7 Å². The van der Waals surface area contributed by atoms with Gasteiger partial charge >= 0.3 is 0 Å². The number of aryl methyl sites for hydroxylation is 4. The average molecular weight is 353 g/mol. The predicted molar refractivity (Wildman–Crippen MR) is 99.4 cm³/mol. The Hall–Kier alpha value is -2.60. The molecule has 1 amide bonds. The van der Waals surface area contributed by atoms with Crippen molar-refractivity contribution in [3.8, 4) is 0 Å². The van der Waals surface area contributed by atoms with Crippen LogP contribution < -0.4 is 5.32 Å². The number of amides is 1. The van der Waals surface area contributed by atoms with Gasteiger partial charge < -0.3 is 9.73 Å². The van der Waals surface area contributed by atoms with Crippen molar-refractivity contribution in [2.75, 3.05) is 0 Å². The zero-order valence-electron chi connectivity index (χ0n) is 14.6.